The Morgan fingerprint density at radius 3 is 2.64 bits per heavy atom. The summed E-state index contributed by atoms with van der Waals surface area (Å²) in [6.07, 6.45) is -0.280. The second-order valence-electron chi connectivity index (χ2n) is 7.65. The van der Waals surface area contributed by atoms with E-state index >= 15 is 0 Å². The molecule has 9 heteroatoms. The van der Waals surface area contributed by atoms with Crippen molar-refractivity contribution in [1.29, 1.82) is 0 Å². The fraction of sp³-hybridized carbons (Fsp3) is 0.208. The normalized spacial score (nSPS) is 12.0. The first-order chi connectivity index (χ1) is 15.9. The zero-order chi connectivity index (χ0) is 23.5. The van der Waals surface area contributed by atoms with E-state index in [1.807, 2.05) is 31.2 Å². The molecule has 0 aliphatic heterocycles. The number of halogens is 1. The number of aromatic nitrogens is 2. The summed E-state index contributed by atoms with van der Waals surface area (Å²) in [7, 11) is 1.57. The Morgan fingerprint density at radius 2 is 1.91 bits per heavy atom. The molecule has 0 fully saturated rings. The number of hydrogen-bond donors (Lipinski definition) is 4. The molecule has 4 aromatic rings. The number of carbonyl (C=O) groups is 2. The molecule has 2 heterocycles. The van der Waals surface area contributed by atoms with Gasteiger partial charge in [-0.25, -0.2) is 0 Å². The molecule has 0 unspecified atom stereocenters. The van der Waals surface area contributed by atoms with Gasteiger partial charge in [-0.05, 0) is 60.4 Å². The molecule has 0 radical (unpaired) electrons. The molecule has 4 rings (SSSR count). The third-order valence-corrected chi connectivity index (χ3v) is 6.91. The van der Waals surface area contributed by atoms with Crippen LogP contribution in [0.4, 0.5) is 0 Å². The third-order valence-electron chi connectivity index (χ3n) is 5.37. The van der Waals surface area contributed by atoms with Crippen LogP contribution in [0.3, 0.4) is 0 Å². The Balaban J connectivity index is 1.43. The van der Waals surface area contributed by atoms with E-state index in [1.165, 1.54) is 11.3 Å². The average molecular weight is 483 g/mol. The second kappa shape index (κ2) is 9.74. The quantitative estimate of drug-likeness (QED) is 0.312. The maximum atomic E-state index is 12.7. The van der Waals surface area contributed by atoms with Gasteiger partial charge in [-0.2, -0.15) is 5.10 Å². The number of rotatable bonds is 7. The highest BCUT2D eigenvalue weighted by Crippen LogP contribution is 2.33. The highest BCUT2D eigenvalue weighted by Gasteiger charge is 2.17. The zero-order valence-corrected chi connectivity index (χ0v) is 19.7. The lowest BCUT2D eigenvalue weighted by Crippen LogP contribution is -2.25. The van der Waals surface area contributed by atoms with Crippen LogP contribution in [-0.4, -0.2) is 40.7 Å². The maximum Gasteiger partial charge on any atom is 0.272 e. The minimum atomic E-state index is -0.677. The molecule has 2 amide bonds. The van der Waals surface area contributed by atoms with Crippen molar-refractivity contribution in [2.75, 3.05) is 13.6 Å². The minimum Gasteiger partial charge on any atom is -0.388 e. The van der Waals surface area contributed by atoms with Crippen LogP contribution in [0.25, 0.3) is 21.3 Å². The lowest BCUT2D eigenvalue weighted by Gasteiger charge is -2.11. The Kier molecular flexibility index (Phi) is 6.78. The number of nitrogens with zero attached hydrogens (tertiary/aromatic N) is 1. The molecule has 2 aromatic heterocycles. The van der Waals surface area contributed by atoms with Crippen molar-refractivity contribution in [2.24, 2.45) is 0 Å². The van der Waals surface area contributed by atoms with Crippen LogP contribution in [0.15, 0.2) is 48.5 Å². The first kappa shape index (κ1) is 23.0. The van der Waals surface area contributed by atoms with Crippen molar-refractivity contribution in [3.05, 3.63) is 75.3 Å². The number of aliphatic hydroxyl groups excluding tert-OH is 1. The summed E-state index contributed by atoms with van der Waals surface area (Å²) in [4.78, 5) is 26.2. The first-order valence-electron chi connectivity index (χ1n) is 10.4. The Morgan fingerprint density at radius 1 is 1.15 bits per heavy atom. The number of aryl methyl sites for hydroxylation is 1. The van der Waals surface area contributed by atoms with Gasteiger partial charge >= 0.3 is 0 Å². The fourth-order valence-corrected chi connectivity index (χ4v) is 4.78. The molecule has 0 aliphatic rings. The van der Waals surface area contributed by atoms with Crippen LogP contribution in [-0.2, 0) is 0 Å². The predicted octanol–water partition coefficient (Wildman–Crippen LogP) is 4.47. The molecule has 0 saturated carbocycles. The largest absolute Gasteiger partial charge is 0.388 e. The molecule has 2 aromatic carbocycles. The van der Waals surface area contributed by atoms with Crippen molar-refractivity contribution >= 4 is 45.7 Å². The smallest absolute Gasteiger partial charge is 0.272 e. The second-order valence-corrected chi connectivity index (χ2v) is 9.14. The Labute approximate surface area is 199 Å². The molecule has 0 aliphatic carbocycles. The number of hydrogen-bond acceptors (Lipinski definition) is 5. The van der Waals surface area contributed by atoms with Gasteiger partial charge in [-0.15, -0.1) is 11.3 Å². The third kappa shape index (κ3) is 4.93. The van der Waals surface area contributed by atoms with E-state index in [9.17, 15) is 14.7 Å². The standard InChI is InChI=1S/C24H23ClN4O3S/c1-13-11-20(15-5-8-17-18(12-15)28-29-21(17)23(31)26-2)33-22(13)24(32)27-10-9-19(30)14-3-6-16(25)7-4-14/h3-8,11-12,19,30H,9-10H2,1-2H3,(H,26,31)(H,27,32)(H,28,29)/t19-/m1/s1. The number of H-pyrrole nitrogens is 1. The van der Waals surface area contributed by atoms with Crippen molar-refractivity contribution in [3.63, 3.8) is 0 Å². The van der Waals surface area contributed by atoms with Gasteiger partial charge in [0.2, 0.25) is 0 Å². The summed E-state index contributed by atoms with van der Waals surface area (Å²) in [5, 5.41) is 24.1. The molecule has 0 saturated heterocycles. The van der Waals surface area contributed by atoms with E-state index in [0.717, 1.165) is 32.5 Å². The number of aromatic amines is 1. The van der Waals surface area contributed by atoms with Crippen molar-refractivity contribution in [3.8, 4) is 10.4 Å². The highest BCUT2D eigenvalue weighted by molar-refractivity contribution is 7.17. The van der Waals surface area contributed by atoms with Crippen LogP contribution in [0, 0.1) is 6.92 Å². The number of nitrogens with one attached hydrogen (secondary N) is 3. The zero-order valence-electron chi connectivity index (χ0n) is 18.1. The van der Waals surface area contributed by atoms with Crippen LogP contribution < -0.4 is 10.6 Å². The molecule has 0 spiro atoms. The molecule has 1 atom stereocenters. The number of benzene rings is 2. The first-order valence-corrected chi connectivity index (χ1v) is 11.6. The summed E-state index contributed by atoms with van der Waals surface area (Å²) in [6, 6.07) is 14.7. The van der Waals surface area contributed by atoms with Gasteiger partial charge < -0.3 is 15.7 Å². The maximum absolute atomic E-state index is 12.7. The predicted molar refractivity (Wildman–Crippen MR) is 131 cm³/mol. The van der Waals surface area contributed by atoms with Gasteiger partial charge in [0, 0.05) is 28.9 Å². The van der Waals surface area contributed by atoms with E-state index in [2.05, 4.69) is 20.8 Å². The summed E-state index contributed by atoms with van der Waals surface area (Å²) in [6.45, 7) is 2.24. The van der Waals surface area contributed by atoms with E-state index < -0.39 is 6.10 Å². The van der Waals surface area contributed by atoms with Crippen LogP contribution >= 0.6 is 22.9 Å². The molecule has 7 nitrogen and oxygen atoms in total. The van der Waals surface area contributed by atoms with Gasteiger partial charge in [0.25, 0.3) is 11.8 Å². The number of fused-ring (bicyclic) bond motifs is 1. The molecule has 4 N–H and O–H groups in total. The molecule has 170 valence electrons. The van der Waals surface area contributed by atoms with Gasteiger partial charge in [0.15, 0.2) is 5.69 Å². The van der Waals surface area contributed by atoms with Gasteiger partial charge in [-0.1, -0.05) is 29.8 Å². The molecule has 33 heavy (non-hydrogen) atoms. The minimum absolute atomic E-state index is 0.170. The number of thiophene rings is 1. The number of amides is 2. The Hall–Kier alpha value is -3.20. The SMILES string of the molecule is CNC(=O)c1n[nH]c2cc(-c3cc(C)c(C(=O)NCC[C@@H](O)c4ccc(Cl)cc4)s3)ccc12. The van der Waals surface area contributed by atoms with Gasteiger partial charge in [0.05, 0.1) is 16.5 Å². The van der Waals surface area contributed by atoms with Crippen molar-refractivity contribution in [1.82, 2.24) is 20.8 Å². The van der Waals surface area contributed by atoms with Gasteiger partial charge in [-0.3, -0.25) is 14.7 Å². The number of carbonyl (C=O) groups excluding carboxylic acids is 2. The number of aliphatic hydroxyl groups is 1. The summed E-state index contributed by atoms with van der Waals surface area (Å²) in [5.41, 5.74) is 3.67. The van der Waals surface area contributed by atoms with Gasteiger partial charge in [0.1, 0.15) is 0 Å². The van der Waals surface area contributed by atoms with E-state index in [-0.39, 0.29) is 11.8 Å². The topological polar surface area (TPSA) is 107 Å². The fourth-order valence-electron chi connectivity index (χ4n) is 3.57. The molecular formula is C24H23ClN4O3S. The van der Waals surface area contributed by atoms with E-state index in [1.54, 1.807) is 31.3 Å². The van der Waals surface area contributed by atoms with Crippen molar-refractivity contribution < 1.29 is 14.7 Å². The van der Waals surface area contributed by atoms with E-state index in [4.69, 9.17) is 11.6 Å². The summed E-state index contributed by atoms with van der Waals surface area (Å²) in [5.74, 6) is -0.419. The van der Waals surface area contributed by atoms with Crippen molar-refractivity contribution in [2.45, 2.75) is 19.4 Å². The molecule has 0 bridgehead atoms. The van der Waals surface area contributed by atoms with Crippen LogP contribution in [0.5, 0.6) is 0 Å². The average Bonchev–Trinajstić information content (AvgIpc) is 3.42. The lowest BCUT2D eigenvalue weighted by molar-refractivity contribution is 0.0942. The lowest BCUT2D eigenvalue weighted by atomic mass is 10.1. The van der Waals surface area contributed by atoms with Crippen LogP contribution in [0.1, 0.15) is 43.8 Å². The summed E-state index contributed by atoms with van der Waals surface area (Å²) >= 11 is 7.28. The monoisotopic (exact) mass is 482 g/mol. The Bertz CT molecular complexity index is 1310. The van der Waals surface area contributed by atoms with Crippen LogP contribution in [0.2, 0.25) is 5.02 Å². The highest BCUT2D eigenvalue weighted by atomic mass is 35.5. The summed E-state index contributed by atoms with van der Waals surface area (Å²) < 4.78 is 0. The van der Waals surface area contributed by atoms with E-state index in [0.29, 0.717) is 28.6 Å². The molecular weight excluding hydrogens is 460 g/mol.